The minimum atomic E-state index is 0.170. The predicted octanol–water partition coefficient (Wildman–Crippen LogP) is 4.69. The molecule has 2 aromatic heterocycles. The van der Waals surface area contributed by atoms with Crippen LogP contribution in [0.2, 0.25) is 0 Å². The molecule has 1 fully saturated rings. The lowest BCUT2D eigenvalue weighted by Gasteiger charge is -2.13. The summed E-state index contributed by atoms with van der Waals surface area (Å²) in [6.07, 6.45) is 6.27. The summed E-state index contributed by atoms with van der Waals surface area (Å²) in [5, 5.41) is 4.52. The van der Waals surface area contributed by atoms with Crippen LogP contribution in [0.3, 0.4) is 0 Å². The zero-order valence-electron chi connectivity index (χ0n) is 17.2. The summed E-state index contributed by atoms with van der Waals surface area (Å²) in [5.41, 5.74) is 6.93. The number of amides is 1. The normalized spacial score (nSPS) is 16.0. The van der Waals surface area contributed by atoms with Crippen LogP contribution in [0.25, 0.3) is 22.4 Å². The molecule has 5 nitrogen and oxygen atoms in total. The van der Waals surface area contributed by atoms with Crippen LogP contribution in [0, 0.1) is 12.8 Å². The summed E-state index contributed by atoms with van der Waals surface area (Å²) in [7, 11) is 0. The molecule has 0 spiro atoms. The lowest BCUT2D eigenvalue weighted by atomic mass is 9.98. The van der Waals surface area contributed by atoms with Gasteiger partial charge in [0.15, 0.2) is 0 Å². The second kappa shape index (κ2) is 6.83. The Morgan fingerprint density at radius 3 is 2.69 bits per heavy atom. The lowest BCUT2D eigenvalue weighted by molar-refractivity contribution is 0.0766. The molecule has 5 rings (SSSR count). The number of pyridine rings is 1. The Kier molecular flexibility index (Phi) is 4.26. The first-order valence-electron chi connectivity index (χ1n) is 10.4. The third-order valence-electron chi connectivity index (χ3n) is 5.73. The average Bonchev–Trinajstić information content (AvgIpc) is 3.35. The van der Waals surface area contributed by atoms with Crippen molar-refractivity contribution in [3.8, 4) is 22.4 Å². The standard InChI is InChI=1S/C24H26N4O/c1-15(2)12-27-13-19(11-25-27)21-9-4-16(3)26-23(21)17-5-6-18-14-28(20-7-8-20)24(29)22(18)10-17/h4-6,9-11,13,15,20H,7-8,12,14H2,1-3H3. The van der Waals surface area contributed by atoms with Gasteiger partial charge < -0.3 is 4.90 Å². The van der Waals surface area contributed by atoms with Crippen molar-refractivity contribution in [3.63, 3.8) is 0 Å². The molecule has 3 aromatic rings. The number of aryl methyl sites for hydroxylation is 1. The van der Waals surface area contributed by atoms with E-state index < -0.39 is 0 Å². The topological polar surface area (TPSA) is 51.0 Å². The van der Waals surface area contributed by atoms with E-state index in [0.29, 0.717) is 12.0 Å². The van der Waals surface area contributed by atoms with E-state index in [2.05, 4.69) is 43.3 Å². The molecule has 1 amide bonds. The maximum atomic E-state index is 12.9. The smallest absolute Gasteiger partial charge is 0.254 e. The number of carbonyl (C=O) groups excluding carboxylic acids is 1. The van der Waals surface area contributed by atoms with E-state index in [-0.39, 0.29) is 5.91 Å². The van der Waals surface area contributed by atoms with Crippen LogP contribution in [0.5, 0.6) is 0 Å². The molecule has 0 unspecified atom stereocenters. The number of hydrogen-bond donors (Lipinski definition) is 0. The molecule has 2 aliphatic rings. The second-order valence-electron chi connectivity index (χ2n) is 8.73. The first kappa shape index (κ1) is 18.1. The molecule has 1 aliphatic heterocycles. The van der Waals surface area contributed by atoms with Crippen LogP contribution in [-0.2, 0) is 13.1 Å². The number of carbonyl (C=O) groups is 1. The van der Waals surface area contributed by atoms with Crippen molar-refractivity contribution in [2.45, 2.75) is 52.7 Å². The fourth-order valence-electron chi connectivity index (χ4n) is 4.14. The van der Waals surface area contributed by atoms with Gasteiger partial charge in [-0.25, -0.2) is 0 Å². The van der Waals surface area contributed by atoms with Crippen molar-refractivity contribution in [1.82, 2.24) is 19.7 Å². The summed E-state index contributed by atoms with van der Waals surface area (Å²) in [5.74, 6) is 0.707. The van der Waals surface area contributed by atoms with Gasteiger partial charge in [-0.05, 0) is 43.4 Å². The zero-order valence-corrected chi connectivity index (χ0v) is 17.2. The summed E-state index contributed by atoms with van der Waals surface area (Å²) >= 11 is 0. The average molecular weight is 386 g/mol. The Balaban J connectivity index is 1.55. The number of hydrogen-bond acceptors (Lipinski definition) is 3. The monoisotopic (exact) mass is 386 g/mol. The fourth-order valence-corrected chi connectivity index (χ4v) is 4.14. The van der Waals surface area contributed by atoms with Crippen LogP contribution in [0.1, 0.15) is 48.3 Å². The summed E-state index contributed by atoms with van der Waals surface area (Å²) in [6.45, 7) is 8.01. The number of nitrogens with zero attached hydrogens (tertiary/aromatic N) is 4. The van der Waals surface area contributed by atoms with Gasteiger partial charge in [0.25, 0.3) is 5.91 Å². The third kappa shape index (κ3) is 3.35. The molecule has 0 bridgehead atoms. The number of aromatic nitrogens is 3. The molecule has 0 N–H and O–H groups in total. The van der Waals surface area contributed by atoms with Gasteiger partial charge in [0.2, 0.25) is 0 Å². The Morgan fingerprint density at radius 2 is 1.93 bits per heavy atom. The predicted molar refractivity (Wildman–Crippen MR) is 113 cm³/mol. The molecule has 0 radical (unpaired) electrons. The Labute approximate surface area is 171 Å². The minimum Gasteiger partial charge on any atom is -0.331 e. The van der Waals surface area contributed by atoms with Crippen molar-refractivity contribution in [3.05, 3.63) is 59.5 Å². The number of rotatable bonds is 5. The van der Waals surface area contributed by atoms with Crippen molar-refractivity contribution in [1.29, 1.82) is 0 Å². The van der Waals surface area contributed by atoms with E-state index in [1.54, 1.807) is 0 Å². The van der Waals surface area contributed by atoms with Crippen LogP contribution < -0.4 is 0 Å². The highest BCUT2D eigenvalue weighted by molar-refractivity contribution is 6.00. The van der Waals surface area contributed by atoms with Crippen molar-refractivity contribution in [2.24, 2.45) is 5.92 Å². The molecule has 0 saturated heterocycles. The molecule has 1 aromatic carbocycles. The second-order valence-corrected chi connectivity index (χ2v) is 8.73. The minimum absolute atomic E-state index is 0.170. The Bertz CT molecular complexity index is 1090. The van der Waals surface area contributed by atoms with Gasteiger partial charge >= 0.3 is 0 Å². The summed E-state index contributed by atoms with van der Waals surface area (Å²) in [4.78, 5) is 19.7. The molecule has 3 heterocycles. The Hall–Kier alpha value is -2.95. The fraction of sp³-hybridized carbons (Fsp3) is 0.375. The van der Waals surface area contributed by atoms with Crippen molar-refractivity contribution >= 4 is 5.91 Å². The zero-order chi connectivity index (χ0) is 20.1. The first-order chi connectivity index (χ1) is 14.0. The van der Waals surface area contributed by atoms with Crippen LogP contribution in [0.15, 0.2) is 42.7 Å². The molecule has 148 valence electrons. The highest BCUT2D eigenvalue weighted by Gasteiger charge is 2.38. The molecular weight excluding hydrogens is 360 g/mol. The van der Waals surface area contributed by atoms with Crippen molar-refractivity contribution in [2.75, 3.05) is 0 Å². The SMILES string of the molecule is Cc1ccc(-c2cnn(CC(C)C)c2)c(-c2ccc3c(c2)C(=O)N(C2CC2)C3)n1. The molecule has 5 heteroatoms. The maximum Gasteiger partial charge on any atom is 0.254 e. The summed E-state index contributed by atoms with van der Waals surface area (Å²) < 4.78 is 1.99. The maximum absolute atomic E-state index is 12.9. The van der Waals surface area contributed by atoms with Gasteiger partial charge in [-0.3, -0.25) is 14.5 Å². The molecule has 1 aliphatic carbocycles. The highest BCUT2D eigenvalue weighted by Crippen LogP contribution is 2.37. The van der Waals surface area contributed by atoms with Crippen LogP contribution in [0.4, 0.5) is 0 Å². The third-order valence-corrected chi connectivity index (χ3v) is 5.73. The molecular formula is C24H26N4O. The molecule has 29 heavy (non-hydrogen) atoms. The van der Waals surface area contributed by atoms with Gasteiger partial charge in [0.05, 0.1) is 11.9 Å². The summed E-state index contributed by atoms with van der Waals surface area (Å²) in [6, 6.07) is 10.8. The van der Waals surface area contributed by atoms with E-state index in [0.717, 1.165) is 65.1 Å². The van der Waals surface area contributed by atoms with Gasteiger partial charge in [-0.1, -0.05) is 32.0 Å². The quantitative estimate of drug-likeness (QED) is 0.639. The van der Waals surface area contributed by atoms with Gasteiger partial charge in [0.1, 0.15) is 0 Å². The van der Waals surface area contributed by atoms with E-state index in [1.807, 2.05) is 34.8 Å². The van der Waals surface area contributed by atoms with Crippen molar-refractivity contribution < 1.29 is 4.79 Å². The van der Waals surface area contributed by atoms with E-state index >= 15 is 0 Å². The van der Waals surface area contributed by atoms with Crippen LogP contribution in [-0.4, -0.2) is 31.6 Å². The highest BCUT2D eigenvalue weighted by atomic mass is 16.2. The van der Waals surface area contributed by atoms with E-state index in [4.69, 9.17) is 4.98 Å². The number of benzene rings is 1. The number of fused-ring (bicyclic) bond motifs is 1. The Morgan fingerprint density at radius 1 is 1.10 bits per heavy atom. The van der Waals surface area contributed by atoms with E-state index in [1.165, 1.54) is 0 Å². The van der Waals surface area contributed by atoms with Crippen LogP contribution >= 0.6 is 0 Å². The van der Waals surface area contributed by atoms with Gasteiger partial charge in [-0.15, -0.1) is 0 Å². The van der Waals surface area contributed by atoms with Gasteiger partial charge in [-0.2, -0.15) is 5.10 Å². The molecule has 0 atom stereocenters. The van der Waals surface area contributed by atoms with Gasteiger partial charge in [0, 0.05) is 53.3 Å². The largest absolute Gasteiger partial charge is 0.331 e. The first-order valence-corrected chi connectivity index (χ1v) is 10.4. The molecule has 1 saturated carbocycles. The lowest BCUT2D eigenvalue weighted by Crippen LogP contribution is -2.25. The van der Waals surface area contributed by atoms with E-state index in [9.17, 15) is 4.79 Å².